The maximum absolute atomic E-state index is 5.67. The lowest BCUT2D eigenvalue weighted by Crippen LogP contribution is -2.36. The van der Waals surface area contributed by atoms with Crippen LogP contribution in [0, 0.1) is 0 Å². The molecular weight excluding hydrogens is 254 g/mol. The van der Waals surface area contributed by atoms with E-state index in [0.29, 0.717) is 11.0 Å². The number of nitrogens with two attached hydrogens (primary N) is 1. The van der Waals surface area contributed by atoms with Gasteiger partial charge in [0.25, 0.3) is 0 Å². The third-order valence-corrected chi connectivity index (χ3v) is 4.09. The Balaban J connectivity index is 1.93. The first-order valence-corrected chi connectivity index (χ1v) is 7.24. The van der Waals surface area contributed by atoms with Crippen LogP contribution in [0.5, 0.6) is 0 Å². The number of benzene rings is 1. The van der Waals surface area contributed by atoms with Crippen molar-refractivity contribution in [1.29, 1.82) is 0 Å². The van der Waals surface area contributed by atoms with Crippen molar-refractivity contribution >= 4 is 17.2 Å². The highest BCUT2D eigenvalue weighted by Crippen LogP contribution is 2.16. The van der Waals surface area contributed by atoms with Crippen LogP contribution < -0.4 is 5.73 Å². The molecule has 1 aromatic carbocycles. The van der Waals surface area contributed by atoms with Crippen LogP contribution in [0.25, 0.3) is 0 Å². The van der Waals surface area contributed by atoms with E-state index in [-0.39, 0.29) is 0 Å². The summed E-state index contributed by atoms with van der Waals surface area (Å²) in [5.41, 5.74) is 7.90. The molecule has 1 atom stereocenters. The van der Waals surface area contributed by atoms with E-state index in [1.54, 1.807) is 0 Å². The highest BCUT2D eigenvalue weighted by Gasteiger charge is 2.21. The first-order chi connectivity index (χ1) is 9.06. The molecule has 1 aliphatic heterocycles. The Bertz CT molecular complexity index is 447. The lowest BCUT2D eigenvalue weighted by molar-refractivity contribution is 0.215. The van der Waals surface area contributed by atoms with E-state index < -0.39 is 0 Å². The van der Waals surface area contributed by atoms with Crippen molar-refractivity contribution in [3.8, 4) is 0 Å². The van der Waals surface area contributed by atoms with Crippen molar-refractivity contribution in [3.63, 3.8) is 0 Å². The minimum absolute atomic E-state index is 0.472. The third-order valence-electron chi connectivity index (χ3n) is 3.86. The van der Waals surface area contributed by atoms with E-state index >= 15 is 0 Å². The van der Waals surface area contributed by atoms with Gasteiger partial charge in [-0.3, -0.25) is 0 Å². The average molecular weight is 277 g/mol. The zero-order valence-electron chi connectivity index (χ0n) is 11.8. The SMILES string of the molecule is CN(Cc1cccc(C(N)=S)c1)CC1CCCN1C. The Morgan fingerprint density at radius 2 is 2.32 bits per heavy atom. The van der Waals surface area contributed by atoms with Gasteiger partial charge in [-0.1, -0.05) is 30.4 Å². The fourth-order valence-electron chi connectivity index (χ4n) is 2.77. The second-order valence-corrected chi connectivity index (χ2v) is 5.98. The molecule has 2 N–H and O–H groups in total. The van der Waals surface area contributed by atoms with E-state index in [4.69, 9.17) is 18.0 Å². The van der Waals surface area contributed by atoms with Crippen molar-refractivity contribution in [2.75, 3.05) is 27.2 Å². The Hall–Kier alpha value is -0.970. The maximum Gasteiger partial charge on any atom is 0.103 e. The fourth-order valence-corrected chi connectivity index (χ4v) is 2.90. The normalized spacial score (nSPS) is 20.1. The molecule has 1 fully saturated rings. The summed E-state index contributed by atoms with van der Waals surface area (Å²) in [6.07, 6.45) is 2.64. The molecule has 0 aliphatic carbocycles. The molecule has 0 bridgehead atoms. The number of nitrogens with zero attached hydrogens (tertiary/aromatic N) is 2. The lowest BCUT2D eigenvalue weighted by atomic mass is 10.1. The summed E-state index contributed by atoms with van der Waals surface area (Å²) >= 11 is 5.02. The molecule has 1 aromatic rings. The minimum Gasteiger partial charge on any atom is -0.389 e. The zero-order chi connectivity index (χ0) is 13.8. The predicted octanol–water partition coefficient (Wildman–Crippen LogP) is 1.85. The summed E-state index contributed by atoms with van der Waals surface area (Å²) in [5, 5.41) is 0. The van der Waals surface area contributed by atoms with Crippen LogP contribution in [0.3, 0.4) is 0 Å². The van der Waals surface area contributed by atoms with Gasteiger partial charge in [0, 0.05) is 24.7 Å². The molecule has 0 saturated carbocycles. The Labute approximate surface area is 121 Å². The smallest absolute Gasteiger partial charge is 0.103 e. The van der Waals surface area contributed by atoms with Gasteiger partial charge in [0.15, 0.2) is 0 Å². The van der Waals surface area contributed by atoms with E-state index in [1.165, 1.54) is 24.9 Å². The van der Waals surface area contributed by atoms with Gasteiger partial charge >= 0.3 is 0 Å². The van der Waals surface area contributed by atoms with Gasteiger partial charge < -0.3 is 15.5 Å². The highest BCUT2D eigenvalue weighted by molar-refractivity contribution is 7.80. The quantitative estimate of drug-likeness (QED) is 0.833. The monoisotopic (exact) mass is 277 g/mol. The molecule has 1 saturated heterocycles. The van der Waals surface area contributed by atoms with Gasteiger partial charge in [-0.05, 0) is 45.1 Å². The molecular formula is C15H23N3S. The minimum atomic E-state index is 0.472. The van der Waals surface area contributed by atoms with E-state index in [1.807, 2.05) is 12.1 Å². The fraction of sp³-hybridized carbons (Fsp3) is 0.533. The molecule has 1 aliphatic rings. The van der Waals surface area contributed by atoms with Crippen LogP contribution in [0.15, 0.2) is 24.3 Å². The average Bonchev–Trinajstić information content (AvgIpc) is 2.75. The van der Waals surface area contributed by atoms with Crippen LogP contribution >= 0.6 is 12.2 Å². The maximum atomic E-state index is 5.67. The molecule has 0 radical (unpaired) electrons. The van der Waals surface area contributed by atoms with Crippen LogP contribution in [-0.2, 0) is 6.54 Å². The second kappa shape index (κ2) is 6.46. The van der Waals surface area contributed by atoms with E-state index in [9.17, 15) is 0 Å². The number of thiocarbonyl (C=S) groups is 1. The second-order valence-electron chi connectivity index (χ2n) is 5.54. The molecule has 1 heterocycles. The Kier molecular flexibility index (Phi) is 4.91. The first kappa shape index (κ1) is 14.4. The molecule has 2 rings (SSSR count). The molecule has 0 aromatic heterocycles. The van der Waals surface area contributed by atoms with Gasteiger partial charge in [-0.25, -0.2) is 0 Å². The standard InChI is InChI=1S/C15H23N3S/c1-17(11-14-7-4-8-18(14)2)10-12-5-3-6-13(9-12)15(16)19/h3,5-6,9,14H,4,7-8,10-11H2,1-2H3,(H2,16,19). The zero-order valence-corrected chi connectivity index (χ0v) is 12.6. The topological polar surface area (TPSA) is 32.5 Å². The van der Waals surface area contributed by atoms with E-state index in [2.05, 4.69) is 36.0 Å². The van der Waals surface area contributed by atoms with Crippen molar-refractivity contribution in [1.82, 2.24) is 9.80 Å². The number of likely N-dealkylation sites (N-methyl/N-ethyl adjacent to an activating group) is 2. The van der Waals surface area contributed by atoms with Gasteiger partial charge in [0.2, 0.25) is 0 Å². The largest absolute Gasteiger partial charge is 0.389 e. The molecule has 1 unspecified atom stereocenters. The van der Waals surface area contributed by atoms with Gasteiger partial charge in [0.1, 0.15) is 4.99 Å². The van der Waals surface area contributed by atoms with Gasteiger partial charge in [-0.2, -0.15) is 0 Å². The third kappa shape index (κ3) is 4.00. The van der Waals surface area contributed by atoms with Gasteiger partial charge in [0.05, 0.1) is 0 Å². The van der Waals surface area contributed by atoms with Crippen LogP contribution in [0.2, 0.25) is 0 Å². The van der Waals surface area contributed by atoms with Crippen LogP contribution in [0.4, 0.5) is 0 Å². The number of likely N-dealkylation sites (tertiary alicyclic amines) is 1. The number of hydrogen-bond donors (Lipinski definition) is 1. The summed E-state index contributed by atoms with van der Waals surface area (Å²) in [6.45, 7) is 3.30. The molecule has 3 nitrogen and oxygen atoms in total. The van der Waals surface area contributed by atoms with Crippen molar-refractivity contribution in [2.45, 2.75) is 25.4 Å². The van der Waals surface area contributed by atoms with Crippen molar-refractivity contribution in [2.24, 2.45) is 5.73 Å². The van der Waals surface area contributed by atoms with Crippen molar-refractivity contribution < 1.29 is 0 Å². The summed E-state index contributed by atoms with van der Waals surface area (Å²) in [6, 6.07) is 8.92. The van der Waals surface area contributed by atoms with Crippen LogP contribution in [-0.4, -0.2) is 48.0 Å². The Morgan fingerprint density at radius 3 is 2.95 bits per heavy atom. The molecule has 19 heavy (non-hydrogen) atoms. The first-order valence-electron chi connectivity index (χ1n) is 6.84. The lowest BCUT2D eigenvalue weighted by Gasteiger charge is -2.25. The predicted molar refractivity (Wildman–Crippen MR) is 84.3 cm³/mol. The summed E-state index contributed by atoms with van der Waals surface area (Å²) in [4.78, 5) is 5.31. The van der Waals surface area contributed by atoms with Crippen LogP contribution in [0.1, 0.15) is 24.0 Å². The van der Waals surface area contributed by atoms with E-state index in [0.717, 1.165) is 18.7 Å². The van der Waals surface area contributed by atoms with Gasteiger partial charge in [-0.15, -0.1) is 0 Å². The highest BCUT2D eigenvalue weighted by atomic mass is 32.1. The number of hydrogen-bond acceptors (Lipinski definition) is 3. The molecule has 4 heteroatoms. The molecule has 0 amide bonds. The summed E-state index contributed by atoms with van der Waals surface area (Å²) < 4.78 is 0. The summed E-state index contributed by atoms with van der Waals surface area (Å²) in [5.74, 6) is 0. The molecule has 104 valence electrons. The Morgan fingerprint density at radius 1 is 1.53 bits per heavy atom. The number of rotatable bonds is 5. The van der Waals surface area contributed by atoms with Crippen molar-refractivity contribution in [3.05, 3.63) is 35.4 Å². The summed E-state index contributed by atoms with van der Waals surface area (Å²) in [7, 11) is 4.40. The molecule has 0 spiro atoms.